The van der Waals surface area contributed by atoms with Crippen molar-refractivity contribution >= 4 is 27.9 Å². The highest BCUT2D eigenvalue weighted by Crippen LogP contribution is 2.44. The topological polar surface area (TPSA) is 79.6 Å². The molecule has 21 heavy (non-hydrogen) atoms. The minimum Gasteiger partial charge on any atom is -0.492 e. The maximum Gasteiger partial charge on any atom is 0.263 e. The number of anilines is 2. The fraction of sp³-hybridized carbons (Fsp3) is 0.643. The van der Waals surface area contributed by atoms with E-state index in [0.29, 0.717) is 22.9 Å². The number of carbonyl (C=O) groups excluding carboxylic acids is 1. The van der Waals surface area contributed by atoms with Crippen molar-refractivity contribution in [1.29, 1.82) is 0 Å². The molecule has 1 aliphatic rings. The summed E-state index contributed by atoms with van der Waals surface area (Å²) in [6, 6.07) is 0. The first kappa shape index (κ1) is 15.9. The maximum atomic E-state index is 12.2. The molecule has 118 valence electrons. The molecule has 0 aromatic carbocycles. The van der Waals surface area contributed by atoms with Crippen LogP contribution in [0.1, 0.15) is 29.4 Å². The van der Waals surface area contributed by atoms with E-state index in [2.05, 4.69) is 15.5 Å². The van der Waals surface area contributed by atoms with Gasteiger partial charge in [-0.25, -0.2) is 0 Å². The molecule has 7 heteroatoms. The maximum absolute atomic E-state index is 12.2. The van der Waals surface area contributed by atoms with E-state index >= 15 is 0 Å². The molecule has 1 fully saturated rings. The molecule has 0 radical (unpaired) electrons. The second-order valence-corrected chi connectivity index (χ2v) is 6.03. The van der Waals surface area contributed by atoms with E-state index < -0.39 is 0 Å². The number of nitrogens with two attached hydrogens (primary N) is 1. The summed E-state index contributed by atoms with van der Waals surface area (Å²) in [7, 11) is 1.60. The molecule has 0 unspecified atom stereocenters. The van der Waals surface area contributed by atoms with Crippen molar-refractivity contribution in [3.8, 4) is 5.75 Å². The van der Waals surface area contributed by atoms with Gasteiger partial charge in [0, 0.05) is 26.2 Å². The first-order valence-corrected chi connectivity index (χ1v) is 8.20. The van der Waals surface area contributed by atoms with E-state index in [4.69, 9.17) is 10.5 Å². The van der Waals surface area contributed by atoms with Crippen molar-refractivity contribution in [2.75, 3.05) is 50.5 Å². The van der Waals surface area contributed by atoms with Crippen molar-refractivity contribution in [2.24, 2.45) is 0 Å². The lowest BCUT2D eigenvalue weighted by Crippen LogP contribution is -2.27. The number of ether oxygens (including phenoxy) is 1. The van der Waals surface area contributed by atoms with Crippen LogP contribution in [0.4, 0.5) is 10.7 Å². The van der Waals surface area contributed by atoms with Gasteiger partial charge in [0.15, 0.2) is 5.75 Å². The number of hydrogen-bond donors (Lipinski definition) is 3. The van der Waals surface area contributed by atoms with Gasteiger partial charge in [-0.1, -0.05) is 6.92 Å². The Kier molecular flexibility index (Phi) is 5.69. The van der Waals surface area contributed by atoms with Crippen molar-refractivity contribution in [3.63, 3.8) is 0 Å². The van der Waals surface area contributed by atoms with Gasteiger partial charge in [-0.15, -0.1) is 11.3 Å². The molecule has 0 bridgehead atoms. The lowest BCUT2D eigenvalue weighted by molar-refractivity contribution is 0.0958. The number of thiophene rings is 1. The lowest BCUT2D eigenvalue weighted by Gasteiger charge is -2.21. The highest BCUT2D eigenvalue weighted by Gasteiger charge is 2.25. The molecule has 0 saturated carbocycles. The summed E-state index contributed by atoms with van der Waals surface area (Å²) >= 11 is 1.42. The van der Waals surface area contributed by atoms with Gasteiger partial charge in [0.1, 0.15) is 15.6 Å². The minimum absolute atomic E-state index is 0.114. The highest BCUT2D eigenvalue weighted by atomic mass is 32.1. The number of methoxy groups -OCH3 is 1. The summed E-state index contributed by atoms with van der Waals surface area (Å²) in [5.41, 5.74) is 6.56. The van der Waals surface area contributed by atoms with Gasteiger partial charge in [0.25, 0.3) is 5.91 Å². The third-order valence-electron chi connectivity index (χ3n) is 3.46. The number of amides is 1. The Bertz CT molecular complexity index is 482. The molecular weight excluding hydrogens is 288 g/mol. The SMILES string of the molecule is CCCNC(=O)c1sc(N2CCCNCC2)c(OC)c1N. The highest BCUT2D eigenvalue weighted by molar-refractivity contribution is 7.19. The molecule has 0 atom stereocenters. The summed E-state index contributed by atoms with van der Waals surface area (Å²) in [6.07, 6.45) is 1.97. The Labute approximate surface area is 129 Å². The molecule has 6 nitrogen and oxygen atoms in total. The molecule has 1 aliphatic heterocycles. The van der Waals surface area contributed by atoms with E-state index in [0.717, 1.165) is 44.0 Å². The van der Waals surface area contributed by atoms with Crippen molar-refractivity contribution < 1.29 is 9.53 Å². The van der Waals surface area contributed by atoms with Crippen LogP contribution >= 0.6 is 11.3 Å². The quantitative estimate of drug-likeness (QED) is 0.763. The summed E-state index contributed by atoms with van der Waals surface area (Å²) in [5, 5.41) is 7.20. The van der Waals surface area contributed by atoms with Gasteiger partial charge >= 0.3 is 0 Å². The first-order valence-electron chi connectivity index (χ1n) is 7.39. The zero-order chi connectivity index (χ0) is 15.2. The van der Waals surface area contributed by atoms with Crippen LogP contribution in [-0.4, -0.2) is 45.7 Å². The average Bonchev–Trinajstić information content (AvgIpc) is 2.68. The number of nitrogens with zero attached hydrogens (tertiary/aromatic N) is 1. The van der Waals surface area contributed by atoms with E-state index in [1.165, 1.54) is 11.3 Å². The fourth-order valence-electron chi connectivity index (χ4n) is 2.36. The monoisotopic (exact) mass is 312 g/mol. The second-order valence-electron chi connectivity index (χ2n) is 5.03. The summed E-state index contributed by atoms with van der Waals surface area (Å²) < 4.78 is 5.45. The number of hydrogen-bond acceptors (Lipinski definition) is 6. The van der Waals surface area contributed by atoms with Crippen LogP contribution in [0, 0.1) is 0 Å². The average molecular weight is 312 g/mol. The number of rotatable bonds is 5. The predicted octanol–water partition coefficient (Wildman–Crippen LogP) is 1.28. The Morgan fingerprint density at radius 2 is 2.29 bits per heavy atom. The molecule has 1 amide bonds. The van der Waals surface area contributed by atoms with Gasteiger partial charge in [0.2, 0.25) is 0 Å². The van der Waals surface area contributed by atoms with Gasteiger partial charge in [-0.05, 0) is 19.4 Å². The van der Waals surface area contributed by atoms with Crippen LogP contribution in [0.15, 0.2) is 0 Å². The molecule has 2 heterocycles. The third-order valence-corrected chi connectivity index (χ3v) is 4.70. The predicted molar refractivity (Wildman–Crippen MR) is 87.6 cm³/mol. The third kappa shape index (κ3) is 3.59. The van der Waals surface area contributed by atoms with Crippen molar-refractivity contribution in [2.45, 2.75) is 19.8 Å². The number of carbonyl (C=O) groups is 1. The summed E-state index contributed by atoms with van der Waals surface area (Å²) in [4.78, 5) is 15.0. The Balaban J connectivity index is 2.26. The van der Waals surface area contributed by atoms with E-state index in [1.54, 1.807) is 7.11 Å². The fourth-order valence-corrected chi connectivity index (χ4v) is 3.52. The first-order chi connectivity index (χ1) is 10.2. The summed E-state index contributed by atoms with van der Waals surface area (Å²) in [5.74, 6) is 0.514. The number of nitrogen functional groups attached to an aromatic ring is 1. The molecule has 4 N–H and O–H groups in total. The van der Waals surface area contributed by atoms with Gasteiger partial charge < -0.3 is 26.0 Å². The Morgan fingerprint density at radius 3 is 3.00 bits per heavy atom. The zero-order valence-corrected chi connectivity index (χ0v) is 13.5. The lowest BCUT2D eigenvalue weighted by atomic mass is 10.3. The molecule has 0 spiro atoms. The Hall–Kier alpha value is -1.47. The molecule has 1 aromatic heterocycles. The standard InChI is InChI=1S/C14H24N4O2S/c1-3-5-17-13(19)12-10(15)11(20-2)14(21-12)18-8-4-6-16-7-9-18/h16H,3-9,15H2,1-2H3,(H,17,19). The molecule has 1 aromatic rings. The van der Waals surface area contributed by atoms with Gasteiger partial charge in [-0.2, -0.15) is 0 Å². The van der Waals surface area contributed by atoms with Gasteiger partial charge in [-0.3, -0.25) is 4.79 Å². The van der Waals surface area contributed by atoms with Crippen LogP contribution in [0.5, 0.6) is 5.75 Å². The van der Waals surface area contributed by atoms with E-state index in [9.17, 15) is 4.79 Å². The van der Waals surface area contributed by atoms with Crippen molar-refractivity contribution in [1.82, 2.24) is 10.6 Å². The van der Waals surface area contributed by atoms with E-state index in [-0.39, 0.29) is 5.91 Å². The molecule has 0 aliphatic carbocycles. The summed E-state index contributed by atoms with van der Waals surface area (Å²) in [6.45, 7) is 6.46. The minimum atomic E-state index is -0.114. The van der Waals surface area contributed by atoms with Crippen LogP contribution in [-0.2, 0) is 0 Å². The smallest absolute Gasteiger partial charge is 0.263 e. The van der Waals surface area contributed by atoms with Crippen LogP contribution in [0.2, 0.25) is 0 Å². The number of nitrogens with one attached hydrogen (secondary N) is 2. The van der Waals surface area contributed by atoms with Crippen LogP contribution in [0.3, 0.4) is 0 Å². The molecule has 2 rings (SSSR count). The normalized spacial score (nSPS) is 15.6. The van der Waals surface area contributed by atoms with Gasteiger partial charge in [0.05, 0.1) is 7.11 Å². The largest absolute Gasteiger partial charge is 0.492 e. The molecule has 1 saturated heterocycles. The van der Waals surface area contributed by atoms with E-state index in [1.807, 2.05) is 6.92 Å². The van der Waals surface area contributed by atoms with Crippen molar-refractivity contribution in [3.05, 3.63) is 4.88 Å². The van der Waals surface area contributed by atoms with Crippen LogP contribution in [0.25, 0.3) is 0 Å². The van der Waals surface area contributed by atoms with Crippen LogP contribution < -0.4 is 26.0 Å². The second kappa shape index (κ2) is 7.51. The molecular formula is C14H24N4O2S. The zero-order valence-electron chi connectivity index (χ0n) is 12.7. The Morgan fingerprint density at radius 1 is 1.48 bits per heavy atom.